The lowest BCUT2D eigenvalue weighted by atomic mass is 10.0. The van der Waals surface area contributed by atoms with Crippen LogP contribution in [-0.4, -0.2) is 17.2 Å². The van der Waals surface area contributed by atoms with Gasteiger partial charge in [0.2, 0.25) is 0 Å². The number of aromatic nitrogens is 1. The Morgan fingerprint density at radius 1 is 1.14 bits per heavy atom. The lowest BCUT2D eigenvalue weighted by Gasteiger charge is -2.21. The average molecular weight is 399 g/mol. The molecule has 0 fully saturated rings. The van der Waals surface area contributed by atoms with Crippen molar-refractivity contribution in [2.24, 2.45) is 0 Å². The minimum Gasteiger partial charge on any atom is -0.411 e. The quantitative estimate of drug-likeness (QED) is 0.673. The van der Waals surface area contributed by atoms with E-state index in [2.05, 4.69) is 5.32 Å². The molecular weight excluding hydrogens is 376 g/mol. The van der Waals surface area contributed by atoms with Crippen molar-refractivity contribution in [2.45, 2.75) is 33.2 Å². The van der Waals surface area contributed by atoms with Gasteiger partial charge in [-0.2, -0.15) is 0 Å². The van der Waals surface area contributed by atoms with Crippen LogP contribution in [0.3, 0.4) is 0 Å². The van der Waals surface area contributed by atoms with Gasteiger partial charge in [-0.05, 0) is 31.9 Å². The van der Waals surface area contributed by atoms with Gasteiger partial charge in [0, 0.05) is 5.39 Å². The third kappa shape index (κ3) is 3.62. The highest BCUT2D eigenvalue weighted by Gasteiger charge is 2.23. The highest BCUT2D eigenvalue weighted by molar-refractivity contribution is 6.36. The highest BCUT2D eigenvalue weighted by atomic mass is 35.5. The van der Waals surface area contributed by atoms with Crippen LogP contribution in [0.25, 0.3) is 10.8 Å². The Balaban J connectivity index is 2.15. The molecule has 146 valence electrons. The fraction of sp³-hybridized carbons (Fsp3) is 0.273. The number of hydrogen-bond donors (Lipinski definition) is 1. The van der Waals surface area contributed by atoms with Crippen LogP contribution in [0.2, 0.25) is 5.02 Å². The smallest absolute Gasteiger partial charge is 0.292 e. The van der Waals surface area contributed by atoms with Gasteiger partial charge >= 0.3 is 0 Å². The van der Waals surface area contributed by atoms with Crippen molar-refractivity contribution in [2.75, 3.05) is 6.61 Å². The van der Waals surface area contributed by atoms with Crippen LogP contribution in [0.1, 0.15) is 47.9 Å². The number of nitrogens with zero attached hydrogens (tertiary/aromatic N) is 1. The summed E-state index contributed by atoms with van der Waals surface area (Å²) >= 11 is 6.29. The van der Waals surface area contributed by atoms with Crippen LogP contribution in [0.4, 0.5) is 0 Å². The molecule has 0 spiro atoms. The molecule has 1 heterocycles. The van der Waals surface area contributed by atoms with Crippen LogP contribution < -0.4 is 15.7 Å². The van der Waals surface area contributed by atoms with Gasteiger partial charge < -0.3 is 10.2 Å². The number of rotatable bonds is 6. The van der Waals surface area contributed by atoms with Crippen LogP contribution in [0.15, 0.2) is 53.3 Å². The Hall–Kier alpha value is -2.79. The molecule has 2 aromatic carbocycles. The van der Waals surface area contributed by atoms with Crippen LogP contribution in [-0.2, 0) is 0 Å². The van der Waals surface area contributed by atoms with Crippen molar-refractivity contribution in [3.8, 4) is 0 Å². The molecule has 1 N–H and O–H groups in total. The molecule has 0 aliphatic rings. The van der Waals surface area contributed by atoms with E-state index in [1.54, 1.807) is 32.0 Å². The van der Waals surface area contributed by atoms with Crippen LogP contribution in [0.5, 0.6) is 0 Å². The van der Waals surface area contributed by atoms with Gasteiger partial charge in [0.25, 0.3) is 11.5 Å². The van der Waals surface area contributed by atoms with E-state index in [1.807, 2.05) is 37.3 Å². The normalized spacial score (nSPS) is 12.0. The fourth-order valence-corrected chi connectivity index (χ4v) is 3.66. The summed E-state index contributed by atoms with van der Waals surface area (Å²) in [7, 11) is 0. The molecule has 28 heavy (non-hydrogen) atoms. The molecule has 6 heteroatoms. The van der Waals surface area contributed by atoms with Crippen LogP contribution >= 0.6 is 11.6 Å². The first-order valence-corrected chi connectivity index (χ1v) is 9.70. The van der Waals surface area contributed by atoms with Crippen molar-refractivity contribution < 1.29 is 9.63 Å². The van der Waals surface area contributed by atoms with Crippen molar-refractivity contribution in [1.29, 1.82) is 0 Å². The van der Waals surface area contributed by atoms with Gasteiger partial charge in [-0.1, -0.05) is 61.0 Å². The zero-order chi connectivity index (χ0) is 20.3. The number of hydrogen-bond acceptors (Lipinski definition) is 3. The largest absolute Gasteiger partial charge is 0.411 e. The number of halogens is 1. The molecule has 3 rings (SSSR count). The Kier molecular flexibility index (Phi) is 6.05. The molecule has 0 bridgehead atoms. The number of fused-ring (bicyclic) bond motifs is 1. The molecule has 0 aliphatic heterocycles. The molecular formula is C22H23ClN2O3. The average Bonchev–Trinajstić information content (AvgIpc) is 2.70. The maximum atomic E-state index is 13.3. The van der Waals surface area contributed by atoms with Crippen molar-refractivity contribution in [1.82, 2.24) is 10.0 Å². The fourth-order valence-electron chi connectivity index (χ4n) is 3.41. The molecule has 3 aromatic rings. The van der Waals surface area contributed by atoms with Gasteiger partial charge in [-0.25, -0.2) is 0 Å². The first-order valence-electron chi connectivity index (χ1n) is 9.32. The summed E-state index contributed by atoms with van der Waals surface area (Å²) < 4.78 is 1.16. The monoisotopic (exact) mass is 398 g/mol. The summed E-state index contributed by atoms with van der Waals surface area (Å²) in [6.07, 6.45) is 0.735. The van der Waals surface area contributed by atoms with E-state index in [0.29, 0.717) is 28.3 Å². The lowest BCUT2D eigenvalue weighted by molar-refractivity contribution is 0.0912. The van der Waals surface area contributed by atoms with Crippen molar-refractivity contribution in [3.05, 3.63) is 80.7 Å². The third-order valence-corrected chi connectivity index (χ3v) is 5.06. The highest BCUT2D eigenvalue weighted by Crippen LogP contribution is 2.26. The zero-order valence-corrected chi connectivity index (χ0v) is 16.9. The predicted octanol–water partition coefficient (Wildman–Crippen LogP) is 4.29. The Labute approximate surface area is 168 Å². The lowest BCUT2D eigenvalue weighted by Crippen LogP contribution is -2.35. The standard InChI is InChI=1S/C22H23ClN2O3/c1-4-18(15-10-7-6-8-11-15)24-21(26)19-14(3)25(28-5-2)22(27)20-16(19)12-9-13-17(20)23/h6-13,18H,4-5H2,1-3H3,(H,24,26)/t18-/m0/s1. The predicted molar refractivity (Wildman–Crippen MR) is 112 cm³/mol. The van der Waals surface area contributed by atoms with Gasteiger partial charge in [-0.3, -0.25) is 9.59 Å². The van der Waals surface area contributed by atoms with Crippen LogP contribution in [0, 0.1) is 6.92 Å². The van der Waals surface area contributed by atoms with Gasteiger partial charge in [0.1, 0.15) is 6.61 Å². The van der Waals surface area contributed by atoms with E-state index in [1.165, 1.54) is 0 Å². The maximum Gasteiger partial charge on any atom is 0.292 e. The molecule has 0 aliphatic carbocycles. The van der Waals surface area contributed by atoms with Crippen molar-refractivity contribution in [3.63, 3.8) is 0 Å². The second kappa shape index (κ2) is 8.48. The zero-order valence-electron chi connectivity index (χ0n) is 16.2. The number of nitrogens with one attached hydrogen (secondary N) is 1. The SMILES string of the molecule is CCOn1c(C)c(C(=O)N[C@@H](CC)c2ccccc2)c2cccc(Cl)c2c1=O. The Morgan fingerprint density at radius 2 is 1.86 bits per heavy atom. The number of amides is 1. The molecule has 1 amide bonds. The summed E-state index contributed by atoms with van der Waals surface area (Å²) in [5.74, 6) is -0.270. The minimum absolute atomic E-state index is 0.144. The van der Waals surface area contributed by atoms with E-state index in [9.17, 15) is 9.59 Å². The molecule has 0 saturated heterocycles. The molecule has 0 saturated carbocycles. The van der Waals surface area contributed by atoms with E-state index in [0.717, 1.165) is 16.7 Å². The second-order valence-corrected chi connectivity index (χ2v) is 6.89. The summed E-state index contributed by atoms with van der Waals surface area (Å²) in [6.45, 7) is 5.79. The summed E-state index contributed by atoms with van der Waals surface area (Å²) in [4.78, 5) is 31.6. The Bertz CT molecular complexity index is 1060. The van der Waals surface area contributed by atoms with Crippen molar-refractivity contribution >= 4 is 28.3 Å². The van der Waals surface area contributed by atoms with E-state index >= 15 is 0 Å². The van der Waals surface area contributed by atoms with E-state index in [4.69, 9.17) is 16.4 Å². The summed E-state index contributed by atoms with van der Waals surface area (Å²) in [5, 5.41) is 4.18. The second-order valence-electron chi connectivity index (χ2n) is 6.49. The van der Waals surface area contributed by atoms with Gasteiger partial charge in [0.15, 0.2) is 0 Å². The first kappa shape index (κ1) is 20.0. The van der Waals surface area contributed by atoms with E-state index < -0.39 is 0 Å². The molecule has 1 aromatic heterocycles. The summed E-state index contributed by atoms with van der Waals surface area (Å²) in [6, 6.07) is 14.8. The van der Waals surface area contributed by atoms with E-state index in [-0.39, 0.29) is 22.9 Å². The first-order chi connectivity index (χ1) is 13.5. The summed E-state index contributed by atoms with van der Waals surface area (Å²) in [5.41, 5.74) is 1.49. The number of carbonyl (C=O) groups excluding carboxylic acids is 1. The van der Waals surface area contributed by atoms with Gasteiger partial charge in [-0.15, -0.1) is 4.73 Å². The minimum atomic E-state index is -0.369. The number of carbonyl (C=O) groups is 1. The third-order valence-electron chi connectivity index (χ3n) is 4.75. The topological polar surface area (TPSA) is 60.3 Å². The Morgan fingerprint density at radius 3 is 2.50 bits per heavy atom. The molecule has 5 nitrogen and oxygen atoms in total. The molecule has 0 radical (unpaired) electrons. The maximum absolute atomic E-state index is 13.3. The molecule has 0 unspecified atom stereocenters. The number of benzene rings is 2. The number of pyridine rings is 1. The molecule has 1 atom stereocenters. The van der Waals surface area contributed by atoms with Gasteiger partial charge in [0.05, 0.1) is 27.7 Å².